The minimum absolute atomic E-state index is 0.211. The molecule has 21 heavy (non-hydrogen) atoms. The third-order valence-electron chi connectivity index (χ3n) is 3.57. The molecule has 4 rings (SSSR count). The van der Waals surface area contributed by atoms with Gasteiger partial charge in [-0.15, -0.1) is 11.3 Å². The first-order valence-corrected chi connectivity index (χ1v) is 7.80. The molecule has 104 valence electrons. The van der Waals surface area contributed by atoms with Crippen molar-refractivity contribution in [1.82, 2.24) is 9.97 Å². The van der Waals surface area contributed by atoms with Gasteiger partial charge in [-0.25, -0.2) is 9.97 Å². The highest BCUT2D eigenvalue weighted by Gasteiger charge is 2.26. The van der Waals surface area contributed by atoms with Crippen LogP contribution in [-0.4, -0.2) is 15.9 Å². The lowest BCUT2D eigenvalue weighted by Gasteiger charge is -2.02. The van der Waals surface area contributed by atoms with Gasteiger partial charge in [0, 0.05) is 16.7 Å². The summed E-state index contributed by atoms with van der Waals surface area (Å²) in [5, 5.41) is 6.54. The molecule has 0 saturated heterocycles. The van der Waals surface area contributed by atoms with Crippen molar-refractivity contribution in [2.75, 3.05) is 5.32 Å². The maximum absolute atomic E-state index is 12.2. The van der Waals surface area contributed by atoms with Crippen LogP contribution in [0.3, 0.4) is 0 Å². The first kappa shape index (κ1) is 12.5. The number of thiazole rings is 1. The predicted molar refractivity (Wildman–Crippen MR) is 83.8 cm³/mol. The van der Waals surface area contributed by atoms with Gasteiger partial charge in [-0.3, -0.25) is 10.1 Å². The molecule has 4 nitrogen and oxygen atoms in total. The normalized spacial score (nSPS) is 14.3. The number of benzene rings is 1. The molecule has 1 amide bonds. The number of anilines is 1. The summed E-state index contributed by atoms with van der Waals surface area (Å²) in [5.74, 6) is 0.392. The molecule has 0 radical (unpaired) electrons. The van der Waals surface area contributed by atoms with E-state index in [-0.39, 0.29) is 5.91 Å². The van der Waals surface area contributed by atoms with E-state index < -0.39 is 0 Å². The second kappa shape index (κ2) is 4.93. The zero-order valence-electron chi connectivity index (χ0n) is 11.2. The van der Waals surface area contributed by atoms with Gasteiger partial charge in [0.05, 0.1) is 11.2 Å². The smallest absolute Gasteiger partial charge is 0.276 e. The van der Waals surface area contributed by atoms with Gasteiger partial charge in [0.1, 0.15) is 5.69 Å². The molecule has 1 saturated carbocycles. The number of amides is 1. The third-order valence-corrected chi connectivity index (χ3v) is 4.35. The molecule has 1 N–H and O–H groups in total. The monoisotopic (exact) mass is 295 g/mol. The number of pyridine rings is 1. The Balaban J connectivity index is 1.57. The Labute approximate surface area is 125 Å². The number of hydrogen-bond acceptors (Lipinski definition) is 4. The lowest BCUT2D eigenvalue weighted by Crippen LogP contribution is -2.13. The minimum Gasteiger partial charge on any atom is -0.296 e. The van der Waals surface area contributed by atoms with E-state index in [1.54, 1.807) is 6.07 Å². The highest BCUT2D eigenvalue weighted by atomic mass is 32.1. The van der Waals surface area contributed by atoms with Crippen LogP contribution in [-0.2, 0) is 0 Å². The van der Waals surface area contributed by atoms with Gasteiger partial charge < -0.3 is 0 Å². The fraction of sp³-hybridized carbons (Fsp3) is 0.188. The van der Waals surface area contributed by atoms with Gasteiger partial charge in [-0.1, -0.05) is 24.3 Å². The summed E-state index contributed by atoms with van der Waals surface area (Å²) in [7, 11) is 0. The van der Waals surface area contributed by atoms with Crippen LogP contribution in [0.4, 0.5) is 5.13 Å². The second-order valence-electron chi connectivity index (χ2n) is 5.20. The Kier molecular flexibility index (Phi) is 2.93. The molecule has 0 bridgehead atoms. The van der Waals surface area contributed by atoms with E-state index in [4.69, 9.17) is 0 Å². The summed E-state index contributed by atoms with van der Waals surface area (Å²) in [4.78, 5) is 21.1. The summed E-state index contributed by atoms with van der Waals surface area (Å²) in [6, 6.07) is 11.4. The lowest BCUT2D eigenvalue weighted by molar-refractivity contribution is 0.102. The molecule has 1 aromatic carbocycles. The molecular weight excluding hydrogens is 282 g/mol. The largest absolute Gasteiger partial charge is 0.296 e. The van der Waals surface area contributed by atoms with Crippen LogP contribution in [0, 0.1) is 0 Å². The van der Waals surface area contributed by atoms with Gasteiger partial charge in [0.2, 0.25) is 0 Å². The molecule has 0 aliphatic heterocycles. The number of hydrogen-bond donors (Lipinski definition) is 1. The molecule has 0 atom stereocenters. The standard InChI is InChI=1S/C16H13N3OS/c20-15(19-16-18-14(9-21-16)11-5-6-11)13-8-7-10-3-1-2-4-12(10)17-13/h1-4,7-9,11H,5-6H2,(H,18,19,20). The number of nitrogens with one attached hydrogen (secondary N) is 1. The Morgan fingerprint density at radius 2 is 2.00 bits per heavy atom. The highest BCUT2D eigenvalue weighted by molar-refractivity contribution is 7.14. The summed E-state index contributed by atoms with van der Waals surface area (Å²) < 4.78 is 0. The van der Waals surface area contributed by atoms with Crippen LogP contribution in [0.15, 0.2) is 41.8 Å². The van der Waals surface area contributed by atoms with Crippen LogP contribution < -0.4 is 5.32 Å². The number of carbonyl (C=O) groups is 1. The van der Waals surface area contributed by atoms with Crippen molar-refractivity contribution in [1.29, 1.82) is 0 Å². The van der Waals surface area contributed by atoms with Crippen LogP contribution >= 0.6 is 11.3 Å². The molecule has 1 aliphatic rings. The zero-order chi connectivity index (χ0) is 14.2. The van der Waals surface area contributed by atoms with Gasteiger partial charge in [0.25, 0.3) is 5.91 Å². The second-order valence-corrected chi connectivity index (χ2v) is 6.05. The number of carbonyl (C=O) groups excluding carboxylic acids is 1. The molecule has 1 fully saturated rings. The van der Waals surface area contributed by atoms with Crippen molar-refractivity contribution in [2.24, 2.45) is 0 Å². The van der Waals surface area contributed by atoms with E-state index in [9.17, 15) is 4.79 Å². The van der Waals surface area contributed by atoms with Gasteiger partial charge >= 0.3 is 0 Å². The van der Waals surface area contributed by atoms with Crippen molar-refractivity contribution >= 4 is 33.3 Å². The van der Waals surface area contributed by atoms with Crippen LogP contribution in [0.2, 0.25) is 0 Å². The van der Waals surface area contributed by atoms with E-state index in [0.717, 1.165) is 16.6 Å². The van der Waals surface area contributed by atoms with Gasteiger partial charge in [-0.2, -0.15) is 0 Å². The zero-order valence-corrected chi connectivity index (χ0v) is 12.1. The summed E-state index contributed by atoms with van der Waals surface area (Å²) in [5.41, 5.74) is 2.33. The molecule has 0 spiro atoms. The summed E-state index contributed by atoms with van der Waals surface area (Å²) in [6.45, 7) is 0. The molecule has 2 heterocycles. The predicted octanol–water partition coefficient (Wildman–Crippen LogP) is 3.82. The Morgan fingerprint density at radius 1 is 1.14 bits per heavy atom. The summed E-state index contributed by atoms with van der Waals surface area (Å²) in [6.07, 6.45) is 2.42. The molecule has 1 aliphatic carbocycles. The maximum Gasteiger partial charge on any atom is 0.276 e. The number of para-hydroxylation sites is 1. The van der Waals surface area contributed by atoms with Crippen LogP contribution in [0.1, 0.15) is 34.9 Å². The van der Waals surface area contributed by atoms with Crippen molar-refractivity contribution in [3.63, 3.8) is 0 Å². The number of fused-ring (bicyclic) bond motifs is 1. The Hall–Kier alpha value is -2.27. The van der Waals surface area contributed by atoms with E-state index in [1.807, 2.05) is 35.7 Å². The lowest BCUT2D eigenvalue weighted by atomic mass is 10.2. The van der Waals surface area contributed by atoms with E-state index in [1.165, 1.54) is 24.2 Å². The molecule has 3 aromatic rings. The maximum atomic E-state index is 12.2. The molecule has 2 aromatic heterocycles. The quantitative estimate of drug-likeness (QED) is 0.799. The fourth-order valence-electron chi connectivity index (χ4n) is 2.26. The van der Waals surface area contributed by atoms with Crippen molar-refractivity contribution < 1.29 is 4.79 Å². The van der Waals surface area contributed by atoms with E-state index in [2.05, 4.69) is 15.3 Å². The first-order valence-electron chi connectivity index (χ1n) is 6.92. The number of nitrogens with zero attached hydrogens (tertiary/aromatic N) is 2. The fourth-order valence-corrected chi connectivity index (χ4v) is 3.05. The molecule has 0 unspecified atom stereocenters. The average Bonchev–Trinajstić information content (AvgIpc) is 3.27. The van der Waals surface area contributed by atoms with Crippen LogP contribution in [0.25, 0.3) is 10.9 Å². The van der Waals surface area contributed by atoms with E-state index >= 15 is 0 Å². The van der Waals surface area contributed by atoms with Crippen molar-refractivity contribution in [3.8, 4) is 0 Å². The van der Waals surface area contributed by atoms with Gasteiger partial charge in [-0.05, 0) is 25.0 Å². The van der Waals surface area contributed by atoms with Gasteiger partial charge in [0.15, 0.2) is 5.13 Å². The Morgan fingerprint density at radius 3 is 2.86 bits per heavy atom. The molecular formula is C16H13N3OS. The highest BCUT2D eigenvalue weighted by Crippen LogP contribution is 2.40. The summed E-state index contributed by atoms with van der Waals surface area (Å²) >= 11 is 1.47. The van der Waals surface area contributed by atoms with E-state index in [0.29, 0.717) is 16.7 Å². The third kappa shape index (κ3) is 2.52. The SMILES string of the molecule is O=C(Nc1nc(C2CC2)cs1)c1ccc2ccccc2n1. The molecule has 5 heteroatoms. The first-order chi connectivity index (χ1) is 10.3. The number of rotatable bonds is 3. The average molecular weight is 295 g/mol. The Bertz CT molecular complexity index is 823. The van der Waals surface area contributed by atoms with Crippen molar-refractivity contribution in [3.05, 3.63) is 53.2 Å². The van der Waals surface area contributed by atoms with Crippen LogP contribution in [0.5, 0.6) is 0 Å². The number of aromatic nitrogens is 2. The minimum atomic E-state index is -0.211. The van der Waals surface area contributed by atoms with Crippen molar-refractivity contribution in [2.45, 2.75) is 18.8 Å². The topological polar surface area (TPSA) is 54.9 Å².